The number of nitrogens with zero attached hydrogens (tertiary/aromatic N) is 6. The van der Waals surface area contributed by atoms with Crippen molar-refractivity contribution in [3.8, 4) is 71.5 Å². The third kappa shape index (κ3) is 23.1. The molecular weight excluding hydrogens is 1540 g/mol. The molecule has 568 valence electrons. The molecule has 26 heteroatoms. The van der Waals surface area contributed by atoms with Gasteiger partial charge in [0.25, 0.3) is 0 Å². The second kappa shape index (κ2) is 39.2. The first-order valence-electron chi connectivity index (χ1n) is 35.4. The summed E-state index contributed by atoms with van der Waals surface area (Å²) >= 11 is 11.9. The largest absolute Gasteiger partial charge is 0.493 e. The summed E-state index contributed by atoms with van der Waals surface area (Å²) in [5, 5.41) is 27.1. The molecule has 20 nitrogen and oxygen atoms in total. The smallest absolute Gasteiger partial charge is 0.491 e. The van der Waals surface area contributed by atoms with Gasteiger partial charge in [-0.15, -0.1) is 34.0 Å². The van der Waals surface area contributed by atoms with E-state index in [1.165, 1.54) is 64.7 Å². The monoisotopic (exact) mass is 1640 g/mol. The molecule has 0 fully saturated rings. The molecule has 9 heterocycles. The van der Waals surface area contributed by atoms with Crippen molar-refractivity contribution in [3.63, 3.8) is 0 Å². The Balaban J connectivity index is 0.000000184. The molecule has 0 saturated carbocycles. The molecular formula is C80H98BClIN6O14S3-. The molecule has 0 aliphatic carbocycles. The summed E-state index contributed by atoms with van der Waals surface area (Å²) in [7, 11) is -1.47. The third-order valence-corrected chi connectivity index (χ3v) is 22.1. The molecule has 0 radical (unpaired) electrons. The molecule has 0 spiro atoms. The van der Waals surface area contributed by atoms with Crippen molar-refractivity contribution in [3.05, 3.63) is 163 Å². The van der Waals surface area contributed by atoms with Gasteiger partial charge in [0.05, 0.1) is 49.8 Å². The number of carboxylic acid groups (broad SMARTS) is 1. The van der Waals surface area contributed by atoms with Crippen LogP contribution in [0, 0.1) is 20.8 Å². The van der Waals surface area contributed by atoms with Crippen molar-refractivity contribution < 1.29 is 88.6 Å². The van der Waals surface area contributed by atoms with Crippen LogP contribution in [-0.4, -0.2) is 129 Å². The molecule has 0 bridgehead atoms. The van der Waals surface area contributed by atoms with Gasteiger partial charge in [0.1, 0.15) is 40.6 Å². The molecule has 3 unspecified atom stereocenters. The van der Waals surface area contributed by atoms with Gasteiger partial charge in [-0.25, -0.2) is 44.3 Å². The number of alkyl halides is 2. The Bertz CT molecular complexity index is 4370. The van der Waals surface area contributed by atoms with E-state index >= 15 is 0 Å². The normalized spacial score (nSPS) is 13.9. The van der Waals surface area contributed by atoms with E-state index in [0.29, 0.717) is 43.2 Å². The van der Waals surface area contributed by atoms with Gasteiger partial charge < -0.3 is 53.0 Å². The van der Waals surface area contributed by atoms with Crippen LogP contribution in [0.4, 0.5) is 0 Å². The molecule has 3 N–H and O–H groups in total. The fourth-order valence-electron chi connectivity index (χ4n) is 12.0. The first-order chi connectivity index (χ1) is 50.5. The standard InChI is InChI=1S/C26H30N2O4S.C24H26N2O4S.C22H27ClO4S.C4H5BN2O2.C4H10I/c1-6-30-25(29)23(32-26(3,4)5)21-16(2)33-24(19-13-27-15-28-14-19)22(21)18-9-10-20-17(12-18)8-7-11-31-20;1-14-19(21(23(27)28)30-24(2,3)4)20(22(31-14)17-11-25-13-26-12-17)16-7-8-18-15(10-16)6-5-9-29-18;1-6-25-21(24)19(27-22(3,4)5)17-13(2)28-20(23)18(17)15-9-10-16-14(12-15)8-7-11-26-16;8-5(9)4-1-6-3-7-2-4;1-3-4-5-2/h9-10,12-15,23H,6-8,11H2,1-5H3;7-8,10-13,21H,5-6,9H2,1-4H3,(H,27,28);9-10,12,19H,6-8,11H2,1-5H3;1-3,8-9H;3-4H2,1-2H3/q;;;;-1. The summed E-state index contributed by atoms with van der Waals surface area (Å²) in [5.41, 5.74) is 11.8. The molecule has 3 aliphatic heterocycles. The first-order valence-corrected chi connectivity index (χ1v) is 42.0. The van der Waals surface area contributed by atoms with Gasteiger partial charge in [0.15, 0.2) is 18.3 Å². The van der Waals surface area contributed by atoms with Crippen LogP contribution in [-0.2, 0) is 57.3 Å². The number of hydrogen-bond acceptors (Lipinski definition) is 22. The summed E-state index contributed by atoms with van der Waals surface area (Å²) in [6.07, 6.45) is 18.6. The number of fused-ring (bicyclic) bond motifs is 3. The Labute approximate surface area is 650 Å². The van der Waals surface area contributed by atoms with Crippen LogP contribution in [0.5, 0.6) is 17.2 Å². The predicted octanol–water partition coefficient (Wildman–Crippen LogP) is 13.8. The molecule has 9 aromatic rings. The van der Waals surface area contributed by atoms with Gasteiger partial charge in [-0.3, -0.25) is 0 Å². The number of rotatable bonds is 19. The quantitative estimate of drug-likeness (QED) is 0.0294. The van der Waals surface area contributed by atoms with Crippen LogP contribution in [0.15, 0.2) is 111 Å². The minimum atomic E-state index is -1.47. The average molecular weight is 1640 g/mol. The van der Waals surface area contributed by atoms with Gasteiger partial charge in [0.2, 0.25) is 0 Å². The van der Waals surface area contributed by atoms with Gasteiger partial charge in [-0.2, -0.15) is 0 Å². The second-order valence-corrected chi connectivity index (χ2v) is 34.9. The molecule has 6 aromatic heterocycles. The number of aliphatic carboxylic acids is 1. The molecule has 3 aliphatic rings. The van der Waals surface area contributed by atoms with E-state index in [4.69, 9.17) is 59.5 Å². The van der Waals surface area contributed by atoms with Crippen molar-refractivity contribution in [2.24, 2.45) is 0 Å². The molecule has 0 amide bonds. The van der Waals surface area contributed by atoms with Crippen molar-refractivity contribution >= 4 is 76.1 Å². The Morgan fingerprint density at radius 1 is 0.519 bits per heavy atom. The van der Waals surface area contributed by atoms with Gasteiger partial charge in [0, 0.05) is 112 Å². The number of benzene rings is 3. The van der Waals surface area contributed by atoms with Gasteiger partial charge >= 0.3 is 68.9 Å². The number of esters is 2. The Morgan fingerprint density at radius 3 is 1.18 bits per heavy atom. The zero-order chi connectivity index (χ0) is 77.0. The maximum absolute atomic E-state index is 13.1. The number of aryl methyl sites for hydroxylation is 6. The van der Waals surface area contributed by atoms with Crippen molar-refractivity contribution in [2.45, 2.75) is 184 Å². The van der Waals surface area contributed by atoms with Crippen LogP contribution >= 0.6 is 45.6 Å². The summed E-state index contributed by atoms with van der Waals surface area (Å²) in [4.78, 5) is 69.3. The zero-order valence-corrected chi connectivity index (χ0v) is 68.8. The number of aromatic nitrogens is 6. The second-order valence-electron chi connectivity index (χ2n) is 28.0. The van der Waals surface area contributed by atoms with E-state index in [1.54, 1.807) is 54.4 Å². The fraction of sp³-hybridized carbons (Fsp3) is 0.438. The van der Waals surface area contributed by atoms with E-state index in [9.17, 15) is 19.5 Å². The molecule has 3 atom stereocenters. The summed E-state index contributed by atoms with van der Waals surface area (Å²) in [6, 6.07) is 18.4. The van der Waals surface area contributed by atoms with Crippen molar-refractivity contribution in [1.29, 1.82) is 0 Å². The van der Waals surface area contributed by atoms with E-state index < -0.39 is 54.2 Å². The van der Waals surface area contributed by atoms with Crippen molar-refractivity contribution in [2.75, 3.05) is 42.4 Å². The zero-order valence-electron chi connectivity index (χ0n) is 63.4. The van der Waals surface area contributed by atoms with Crippen LogP contribution in [0.1, 0.15) is 175 Å². The molecule has 12 rings (SSSR count). The molecule has 106 heavy (non-hydrogen) atoms. The van der Waals surface area contributed by atoms with Crippen LogP contribution in [0.25, 0.3) is 54.3 Å². The SMILES string of the molecule is CCC[I-]C.CCOC(=O)C(OC(C)(C)C)c1c(C)sc(-c2cncnc2)c1-c1ccc2c(c1)CCCO2.CCOC(=O)C(OC(C)(C)C)c1c(C)sc(Cl)c1-c1ccc2c(c1)CCCO2.Cc1sc(-c2cncnc2)c(-c2ccc3c(c2)CCCO3)c1C(OC(C)(C)C)C(=O)O.OB(O)c1cncnc1. The van der Waals surface area contributed by atoms with Crippen molar-refractivity contribution in [1.82, 2.24) is 29.9 Å². The van der Waals surface area contributed by atoms with Crippen LogP contribution < -0.4 is 40.9 Å². The number of hydrogen-bond donors (Lipinski definition) is 3. The van der Waals surface area contributed by atoms with Gasteiger partial charge in [-0.1, -0.05) is 29.8 Å². The third-order valence-electron chi connectivity index (χ3n) is 16.3. The number of ether oxygens (including phenoxy) is 8. The summed E-state index contributed by atoms with van der Waals surface area (Å²) in [5.74, 6) is 0.968. The summed E-state index contributed by atoms with van der Waals surface area (Å²) < 4.78 is 48.8. The number of carbonyl (C=O) groups is 3. The van der Waals surface area contributed by atoms with Gasteiger partial charge in [-0.05, 0) is 205 Å². The fourth-order valence-corrected chi connectivity index (χ4v) is 16.9. The predicted molar refractivity (Wildman–Crippen MR) is 417 cm³/mol. The number of carbonyl (C=O) groups excluding carboxylic acids is 2. The average Bonchev–Trinajstić information content (AvgIpc) is 1.60. The first kappa shape index (κ1) is 84.3. The van der Waals surface area contributed by atoms with E-state index in [1.807, 2.05) is 120 Å². The maximum atomic E-state index is 13.1. The Hall–Kier alpha value is -7.31. The van der Waals surface area contributed by atoms with Crippen LogP contribution in [0.2, 0.25) is 4.34 Å². The van der Waals surface area contributed by atoms with E-state index in [2.05, 4.69) is 66.0 Å². The minimum absolute atomic E-state index is 0.289. The number of thiophene rings is 3. The Morgan fingerprint density at radius 2 is 0.858 bits per heavy atom. The molecule has 3 aromatic carbocycles. The molecule has 0 saturated heterocycles. The Kier molecular flexibility index (Phi) is 31.2. The topological polar surface area (TPSA) is 263 Å². The maximum Gasteiger partial charge on any atom is 0.491 e. The summed E-state index contributed by atoms with van der Waals surface area (Å²) in [6.45, 7) is 31.8. The van der Waals surface area contributed by atoms with E-state index in [-0.39, 0.29) is 12.6 Å². The van der Waals surface area contributed by atoms with Crippen LogP contribution in [0.3, 0.4) is 0 Å². The number of halogens is 2. The number of carboxylic acids is 1. The minimum Gasteiger partial charge on any atom is -0.493 e. The van der Waals surface area contributed by atoms with E-state index in [0.717, 1.165) is 161 Å².